The van der Waals surface area contributed by atoms with Crippen LogP contribution < -0.4 is 11.2 Å². The third-order valence-corrected chi connectivity index (χ3v) is 2.42. The molecule has 0 bridgehead atoms. The Kier molecular flexibility index (Phi) is 2.22. The lowest BCUT2D eigenvalue weighted by Gasteiger charge is -2.00. The van der Waals surface area contributed by atoms with Crippen LogP contribution in [0.2, 0.25) is 0 Å². The number of aryl methyl sites for hydroxylation is 1. The molecule has 7 nitrogen and oxygen atoms in total. The summed E-state index contributed by atoms with van der Waals surface area (Å²) in [6.45, 7) is 0. The first-order chi connectivity index (χ1) is 7.56. The van der Waals surface area contributed by atoms with E-state index < -0.39 is 11.2 Å². The number of aldehydes is 1. The van der Waals surface area contributed by atoms with Gasteiger partial charge >= 0.3 is 5.69 Å². The molecule has 0 aliphatic carbocycles. The van der Waals surface area contributed by atoms with Crippen LogP contribution in [0.5, 0.6) is 0 Å². The Hall–Kier alpha value is -2.18. The molecule has 0 atom stereocenters. The summed E-state index contributed by atoms with van der Waals surface area (Å²) in [7, 11) is 2.92. The maximum atomic E-state index is 11.7. The molecule has 0 aliphatic heterocycles. The first kappa shape index (κ1) is 10.3. The summed E-state index contributed by atoms with van der Waals surface area (Å²) in [5.41, 5.74) is -0.379. The van der Waals surface area contributed by atoms with Crippen molar-refractivity contribution in [2.75, 3.05) is 0 Å². The first-order valence-electron chi connectivity index (χ1n) is 4.64. The average molecular weight is 222 g/mol. The molecular weight excluding hydrogens is 212 g/mol. The van der Waals surface area contributed by atoms with Gasteiger partial charge in [0.1, 0.15) is 17.6 Å². The molecule has 0 saturated carbocycles. The topological polar surface area (TPSA) is 89.8 Å². The molecule has 0 saturated heterocycles. The van der Waals surface area contributed by atoms with Gasteiger partial charge < -0.3 is 9.78 Å². The number of nitrogens with zero attached hydrogens (tertiary/aromatic N) is 3. The van der Waals surface area contributed by atoms with E-state index in [0.29, 0.717) is 12.1 Å². The summed E-state index contributed by atoms with van der Waals surface area (Å²) in [6, 6.07) is 0. The van der Waals surface area contributed by atoms with Gasteiger partial charge in [-0.05, 0) is 0 Å². The highest BCUT2D eigenvalue weighted by Gasteiger charge is 2.12. The van der Waals surface area contributed by atoms with E-state index in [1.165, 1.54) is 18.7 Å². The second kappa shape index (κ2) is 3.44. The van der Waals surface area contributed by atoms with Gasteiger partial charge in [0, 0.05) is 14.1 Å². The second-order valence-corrected chi connectivity index (χ2v) is 3.46. The fourth-order valence-corrected chi connectivity index (χ4v) is 1.55. The van der Waals surface area contributed by atoms with Gasteiger partial charge in [-0.3, -0.25) is 13.9 Å². The monoisotopic (exact) mass is 222 g/mol. The number of fused-ring (bicyclic) bond motifs is 1. The third kappa shape index (κ3) is 1.28. The van der Waals surface area contributed by atoms with Crippen molar-refractivity contribution in [2.24, 2.45) is 14.1 Å². The quantitative estimate of drug-likeness (QED) is 0.639. The van der Waals surface area contributed by atoms with Crippen molar-refractivity contribution in [3.8, 4) is 0 Å². The maximum absolute atomic E-state index is 11.7. The number of nitrogens with one attached hydrogen (secondary N) is 1. The van der Waals surface area contributed by atoms with Crippen molar-refractivity contribution in [2.45, 2.75) is 6.42 Å². The summed E-state index contributed by atoms with van der Waals surface area (Å²) in [6.07, 6.45) is 0.770. The Balaban J connectivity index is 2.92. The third-order valence-electron chi connectivity index (χ3n) is 2.42. The predicted molar refractivity (Wildman–Crippen MR) is 56.3 cm³/mol. The fraction of sp³-hybridized carbons (Fsp3) is 0.333. The number of rotatable bonds is 2. The Morgan fingerprint density at radius 1 is 1.31 bits per heavy atom. The van der Waals surface area contributed by atoms with E-state index in [4.69, 9.17) is 0 Å². The second-order valence-electron chi connectivity index (χ2n) is 3.46. The molecule has 0 radical (unpaired) electrons. The van der Waals surface area contributed by atoms with Crippen LogP contribution in [-0.2, 0) is 25.3 Å². The van der Waals surface area contributed by atoms with Crippen molar-refractivity contribution in [1.82, 2.24) is 19.1 Å². The molecular formula is C9H10N4O3. The van der Waals surface area contributed by atoms with Crippen LogP contribution in [0.15, 0.2) is 9.59 Å². The SMILES string of the molecule is Cn1c(=O)c2[nH]c(CC=O)nc2n(C)c1=O. The van der Waals surface area contributed by atoms with E-state index in [1.54, 1.807) is 0 Å². The molecule has 0 unspecified atom stereocenters. The smallest absolute Gasteiger partial charge is 0.332 e. The number of H-pyrrole nitrogens is 1. The number of hydrogen-bond acceptors (Lipinski definition) is 4. The van der Waals surface area contributed by atoms with Crippen LogP contribution in [0.4, 0.5) is 0 Å². The summed E-state index contributed by atoms with van der Waals surface area (Å²) >= 11 is 0. The maximum Gasteiger partial charge on any atom is 0.332 e. The van der Waals surface area contributed by atoms with E-state index in [9.17, 15) is 14.4 Å². The molecule has 0 aromatic carbocycles. The first-order valence-corrected chi connectivity index (χ1v) is 4.64. The van der Waals surface area contributed by atoms with Gasteiger partial charge in [-0.15, -0.1) is 0 Å². The molecule has 0 spiro atoms. The minimum atomic E-state index is -0.443. The summed E-state index contributed by atoms with van der Waals surface area (Å²) < 4.78 is 2.26. The van der Waals surface area contributed by atoms with E-state index in [2.05, 4.69) is 9.97 Å². The van der Waals surface area contributed by atoms with Gasteiger partial charge in [0.05, 0.1) is 6.42 Å². The normalized spacial score (nSPS) is 10.9. The predicted octanol–water partition coefficient (Wildman–Crippen LogP) is -1.30. The lowest BCUT2D eigenvalue weighted by molar-refractivity contribution is -0.107. The zero-order valence-corrected chi connectivity index (χ0v) is 8.85. The molecule has 7 heteroatoms. The Morgan fingerprint density at radius 3 is 2.62 bits per heavy atom. The molecule has 2 aromatic rings. The zero-order valence-electron chi connectivity index (χ0n) is 8.85. The largest absolute Gasteiger partial charge is 0.336 e. The molecule has 0 fully saturated rings. The Morgan fingerprint density at radius 2 is 2.00 bits per heavy atom. The number of hydrogen-bond donors (Lipinski definition) is 1. The minimum absolute atomic E-state index is 0.0893. The number of carbonyl (C=O) groups excluding carboxylic acids is 1. The summed E-state index contributed by atoms with van der Waals surface area (Å²) in [4.78, 5) is 40.4. The van der Waals surface area contributed by atoms with Gasteiger partial charge in [0.2, 0.25) is 0 Å². The molecule has 2 heterocycles. The van der Waals surface area contributed by atoms with Crippen molar-refractivity contribution >= 4 is 17.5 Å². The Bertz CT molecular complexity index is 676. The number of carbonyl (C=O) groups is 1. The lowest BCUT2D eigenvalue weighted by Crippen LogP contribution is -2.36. The van der Waals surface area contributed by atoms with Gasteiger partial charge in [0.25, 0.3) is 5.56 Å². The standard InChI is InChI=1S/C9H10N4O3/c1-12-7-6(8(15)13(2)9(12)16)10-5(11-7)3-4-14/h4H,3H2,1-2H3,(H,10,11). The highest BCUT2D eigenvalue weighted by atomic mass is 16.2. The van der Waals surface area contributed by atoms with E-state index in [-0.39, 0.29) is 17.6 Å². The minimum Gasteiger partial charge on any atom is -0.336 e. The van der Waals surface area contributed by atoms with Gasteiger partial charge in [-0.2, -0.15) is 0 Å². The number of aromatic amines is 1. The van der Waals surface area contributed by atoms with Gasteiger partial charge in [-0.1, -0.05) is 0 Å². The van der Waals surface area contributed by atoms with Crippen LogP contribution in [0.1, 0.15) is 5.82 Å². The molecule has 0 aliphatic rings. The van der Waals surface area contributed by atoms with E-state index in [1.807, 2.05) is 0 Å². The van der Waals surface area contributed by atoms with Gasteiger partial charge in [0.15, 0.2) is 5.65 Å². The molecule has 84 valence electrons. The van der Waals surface area contributed by atoms with Crippen LogP contribution in [0.25, 0.3) is 11.2 Å². The highest BCUT2D eigenvalue weighted by Crippen LogP contribution is 2.03. The molecule has 2 aromatic heterocycles. The van der Waals surface area contributed by atoms with Crippen LogP contribution in [0.3, 0.4) is 0 Å². The van der Waals surface area contributed by atoms with Gasteiger partial charge in [-0.25, -0.2) is 9.78 Å². The average Bonchev–Trinajstić information content (AvgIpc) is 2.68. The van der Waals surface area contributed by atoms with Crippen LogP contribution in [0, 0.1) is 0 Å². The number of aromatic nitrogens is 4. The van der Waals surface area contributed by atoms with Crippen molar-refractivity contribution in [3.63, 3.8) is 0 Å². The van der Waals surface area contributed by atoms with Crippen molar-refractivity contribution in [3.05, 3.63) is 26.7 Å². The molecule has 1 N–H and O–H groups in total. The molecule has 16 heavy (non-hydrogen) atoms. The summed E-state index contributed by atoms with van der Waals surface area (Å²) in [5, 5.41) is 0. The molecule has 2 rings (SSSR count). The summed E-state index contributed by atoms with van der Waals surface area (Å²) in [5.74, 6) is 0.378. The van der Waals surface area contributed by atoms with Crippen molar-refractivity contribution < 1.29 is 4.79 Å². The number of imidazole rings is 1. The van der Waals surface area contributed by atoms with E-state index in [0.717, 1.165) is 4.57 Å². The zero-order chi connectivity index (χ0) is 11.9. The fourth-order valence-electron chi connectivity index (χ4n) is 1.55. The van der Waals surface area contributed by atoms with E-state index >= 15 is 0 Å². The van der Waals surface area contributed by atoms with Crippen LogP contribution >= 0.6 is 0 Å². The van der Waals surface area contributed by atoms with Crippen molar-refractivity contribution in [1.29, 1.82) is 0 Å². The lowest BCUT2D eigenvalue weighted by atomic mass is 10.5. The molecule has 0 amide bonds. The van der Waals surface area contributed by atoms with Crippen LogP contribution in [-0.4, -0.2) is 25.4 Å². The highest BCUT2D eigenvalue weighted by molar-refractivity contribution is 5.70. The Labute approximate surface area is 89.3 Å².